The van der Waals surface area contributed by atoms with Gasteiger partial charge in [-0.3, -0.25) is 19.2 Å². The molecule has 0 heterocycles. The number of nitrogens with two attached hydrogens (primary N) is 2. The number of nitrogens with one attached hydrogen (secondary N) is 3. The van der Waals surface area contributed by atoms with Gasteiger partial charge in [0, 0.05) is 6.42 Å². The second kappa shape index (κ2) is 12.2. The minimum Gasteiger partial charge on any atom is -0.508 e. The van der Waals surface area contributed by atoms with Crippen molar-refractivity contribution in [3.05, 3.63) is 53.6 Å². The number of hydrogen-bond donors (Lipinski definition) is 8. The van der Waals surface area contributed by atoms with Crippen LogP contribution in [0.3, 0.4) is 0 Å². The molecule has 0 aromatic heterocycles. The van der Waals surface area contributed by atoms with E-state index in [-0.39, 0.29) is 30.1 Å². The van der Waals surface area contributed by atoms with E-state index in [0.29, 0.717) is 5.56 Å². The predicted molar refractivity (Wildman–Crippen MR) is 125 cm³/mol. The summed E-state index contributed by atoms with van der Waals surface area (Å²) in [6.45, 7) is 0.936. The number of hydrogen-bond acceptors (Lipinski definition) is 8. The summed E-state index contributed by atoms with van der Waals surface area (Å²) in [6, 6.07) is 7.06. The van der Waals surface area contributed by atoms with Crippen molar-refractivity contribution in [3.63, 3.8) is 0 Å². The minimum atomic E-state index is -1.13. The molecule has 0 fully saturated rings. The molecule has 2 aromatic carbocycles. The monoisotopic (exact) mass is 487 g/mol. The topological polar surface area (TPSA) is 217 Å². The second-order valence-corrected chi connectivity index (χ2v) is 7.97. The van der Waals surface area contributed by atoms with Gasteiger partial charge in [-0.05, 0) is 48.7 Å². The molecule has 0 spiro atoms. The first-order chi connectivity index (χ1) is 16.5. The van der Waals surface area contributed by atoms with E-state index in [1.165, 1.54) is 37.3 Å². The summed E-state index contributed by atoms with van der Waals surface area (Å²) >= 11 is 0. The maximum Gasteiger partial charge on any atom is 0.242 e. The first-order valence-corrected chi connectivity index (χ1v) is 10.7. The van der Waals surface area contributed by atoms with Crippen molar-refractivity contribution in [3.8, 4) is 17.2 Å². The molecule has 12 nitrogen and oxygen atoms in total. The van der Waals surface area contributed by atoms with Gasteiger partial charge >= 0.3 is 0 Å². The number of carbonyl (C=O) groups excluding carboxylic acids is 4. The van der Waals surface area contributed by atoms with Gasteiger partial charge < -0.3 is 42.7 Å². The SMILES string of the molecule is C[C@@H](NC(=O)C(N)Cc1ccc(O)cc1)C(=O)NCC(=O)NC(Cc1ccc(O)c(O)c1)C(N)=O. The fourth-order valence-corrected chi connectivity index (χ4v) is 3.08. The summed E-state index contributed by atoms with van der Waals surface area (Å²) in [5, 5.41) is 35.4. The van der Waals surface area contributed by atoms with E-state index in [1.807, 2.05) is 0 Å². The van der Waals surface area contributed by atoms with Crippen LogP contribution in [0.1, 0.15) is 18.1 Å². The summed E-state index contributed by atoms with van der Waals surface area (Å²) < 4.78 is 0. The Balaban J connectivity index is 1.81. The highest BCUT2D eigenvalue weighted by Crippen LogP contribution is 2.25. The molecule has 35 heavy (non-hydrogen) atoms. The number of amides is 4. The zero-order valence-electron chi connectivity index (χ0n) is 19.0. The van der Waals surface area contributed by atoms with Crippen molar-refractivity contribution < 1.29 is 34.5 Å². The quantitative estimate of drug-likeness (QED) is 0.174. The Bertz CT molecular complexity index is 1070. The Hall–Kier alpha value is -4.32. The first kappa shape index (κ1) is 26.9. The average molecular weight is 488 g/mol. The largest absolute Gasteiger partial charge is 0.508 e. The molecule has 3 atom stereocenters. The third-order valence-electron chi connectivity index (χ3n) is 5.06. The van der Waals surface area contributed by atoms with Crippen LogP contribution in [-0.4, -0.2) is 63.6 Å². The van der Waals surface area contributed by atoms with Gasteiger partial charge in [-0.15, -0.1) is 0 Å². The van der Waals surface area contributed by atoms with Gasteiger partial charge in [0.15, 0.2) is 11.5 Å². The molecule has 0 radical (unpaired) electrons. The van der Waals surface area contributed by atoms with E-state index < -0.39 is 48.3 Å². The molecular weight excluding hydrogens is 458 g/mol. The first-order valence-electron chi connectivity index (χ1n) is 10.7. The predicted octanol–water partition coefficient (Wildman–Crippen LogP) is -1.49. The third-order valence-corrected chi connectivity index (χ3v) is 5.06. The molecule has 12 heteroatoms. The average Bonchev–Trinajstić information content (AvgIpc) is 2.80. The summed E-state index contributed by atoms with van der Waals surface area (Å²) in [4.78, 5) is 48.5. The van der Waals surface area contributed by atoms with Gasteiger partial charge in [-0.1, -0.05) is 18.2 Å². The highest BCUT2D eigenvalue weighted by molar-refractivity contribution is 5.93. The number of phenols is 3. The molecule has 0 aliphatic heterocycles. The van der Waals surface area contributed by atoms with E-state index >= 15 is 0 Å². The summed E-state index contributed by atoms with van der Waals surface area (Å²) in [5.74, 6) is -3.39. The Morgan fingerprint density at radius 3 is 2.09 bits per heavy atom. The molecule has 188 valence electrons. The fraction of sp³-hybridized carbons (Fsp3) is 0.304. The molecule has 0 aliphatic carbocycles. The van der Waals surface area contributed by atoms with Crippen molar-refractivity contribution in [1.82, 2.24) is 16.0 Å². The molecule has 10 N–H and O–H groups in total. The molecule has 4 amide bonds. The lowest BCUT2D eigenvalue weighted by Gasteiger charge is -2.19. The summed E-state index contributed by atoms with van der Waals surface area (Å²) in [7, 11) is 0. The smallest absolute Gasteiger partial charge is 0.242 e. The number of phenolic OH excluding ortho intramolecular Hbond substituents is 3. The molecule has 0 aliphatic rings. The molecule has 2 rings (SSSR count). The zero-order valence-corrected chi connectivity index (χ0v) is 19.0. The standard InChI is InChI=1S/C23H29N5O7/c1-12(27-23(35)16(24)8-13-2-5-15(29)6-3-13)22(34)26-11-20(32)28-17(21(25)33)9-14-4-7-18(30)19(31)10-14/h2-7,10,12,16-17,29-31H,8-9,11,24H2,1H3,(H2,25,33)(H,26,34)(H,27,35)(H,28,32)/t12-,16?,17?/m1/s1. The number of primary amides is 1. The molecule has 2 unspecified atom stereocenters. The van der Waals surface area contributed by atoms with Crippen LogP contribution in [0.15, 0.2) is 42.5 Å². The molecule has 0 saturated heterocycles. The summed E-state index contributed by atoms with van der Waals surface area (Å²) in [5.41, 5.74) is 12.4. The number of benzene rings is 2. The molecule has 2 aromatic rings. The van der Waals surface area contributed by atoms with E-state index in [4.69, 9.17) is 11.5 Å². The Labute approximate surface area is 201 Å². The van der Waals surface area contributed by atoms with Gasteiger partial charge in [-0.25, -0.2) is 0 Å². The lowest BCUT2D eigenvalue weighted by Crippen LogP contribution is -2.53. The third kappa shape index (κ3) is 8.51. The molecule has 0 saturated carbocycles. The van der Waals surface area contributed by atoms with Gasteiger partial charge in [0.25, 0.3) is 0 Å². The van der Waals surface area contributed by atoms with Crippen molar-refractivity contribution in [2.75, 3.05) is 6.54 Å². The van der Waals surface area contributed by atoms with Crippen molar-refractivity contribution in [1.29, 1.82) is 0 Å². The van der Waals surface area contributed by atoms with Crippen molar-refractivity contribution in [2.24, 2.45) is 11.5 Å². The summed E-state index contributed by atoms with van der Waals surface area (Å²) in [6.07, 6.45) is 0.143. The normalized spacial score (nSPS) is 13.2. The van der Waals surface area contributed by atoms with Gasteiger partial charge in [-0.2, -0.15) is 0 Å². The van der Waals surface area contributed by atoms with E-state index in [0.717, 1.165) is 5.56 Å². The van der Waals surface area contributed by atoms with Crippen LogP contribution in [0.25, 0.3) is 0 Å². The van der Waals surface area contributed by atoms with Crippen LogP contribution < -0.4 is 27.4 Å². The maximum absolute atomic E-state index is 12.3. The highest BCUT2D eigenvalue weighted by atomic mass is 16.3. The Morgan fingerprint density at radius 1 is 0.857 bits per heavy atom. The zero-order chi connectivity index (χ0) is 26.1. The molecule has 0 bridgehead atoms. The lowest BCUT2D eigenvalue weighted by molar-refractivity contribution is -0.131. The van der Waals surface area contributed by atoms with Crippen LogP contribution in [0.4, 0.5) is 0 Å². The maximum atomic E-state index is 12.3. The van der Waals surface area contributed by atoms with Crippen LogP contribution >= 0.6 is 0 Å². The molecular formula is C23H29N5O7. The fourth-order valence-electron chi connectivity index (χ4n) is 3.08. The van der Waals surface area contributed by atoms with E-state index in [1.54, 1.807) is 12.1 Å². The highest BCUT2D eigenvalue weighted by Gasteiger charge is 2.22. The van der Waals surface area contributed by atoms with E-state index in [2.05, 4.69) is 16.0 Å². The number of carbonyl (C=O) groups is 4. The van der Waals surface area contributed by atoms with Crippen LogP contribution in [0.2, 0.25) is 0 Å². The lowest BCUT2D eigenvalue weighted by atomic mass is 10.0. The minimum absolute atomic E-state index is 0.0474. The Morgan fingerprint density at radius 2 is 1.49 bits per heavy atom. The van der Waals surface area contributed by atoms with Gasteiger partial charge in [0.2, 0.25) is 23.6 Å². The second-order valence-electron chi connectivity index (χ2n) is 7.97. The van der Waals surface area contributed by atoms with E-state index in [9.17, 15) is 34.5 Å². The number of rotatable bonds is 11. The van der Waals surface area contributed by atoms with Gasteiger partial charge in [0.05, 0.1) is 12.6 Å². The van der Waals surface area contributed by atoms with Crippen molar-refractivity contribution in [2.45, 2.75) is 37.9 Å². The number of aromatic hydroxyl groups is 3. The van der Waals surface area contributed by atoms with Gasteiger partial charge in [0.1, 0.15) is 17.8 Å². The van der Waals surface area contributed by atoms with Crippen LogP contribution in [-0.2, 0) is 32.0 Å². The van der Waals surface area contributed by atoms with Crippen molar-refractivity contribution >= 4 is 23.6 Å². The Kier molecular flexibility index (Phi) is 9.41. The van der Waals surface area contributed by atoms with Crippen LogP contribution in [0, 0.1) is 0 Å². The van der Waals surface area contributed by atoms with Crippen LogP contribution in [0.5, 0.6) is 17.2 Å².